The first kappa shape index (κ1) is 16.0. The molecule has 1 aromatic rings. The van der Waals surface area contributed by atoms with Crippen LogP contribution in [-0.4, -0.2) is 30.7 Å². The molecule has 0 saturated carbocycles. The predicted octanol–water partition coefficient (Wildman–Crippen LogP) is 1.000. The Hall–Kier alpha value is -1.05. The maximum absolute atomic E-state index is 11.7. The van der Waals surface area contributed by atoms with Gasteiger partial charge in [-0.3, -0.25) is 4.98 Å². The maximum atomic E-state index is 11.7. The van der Waals surface area contributed by atoms with Gasteiger partial charge in [-0.15, -0.1) is 0 Å². The number of hydrogen-bond acceptors (Lipinski definition) is 4. The first-order chi connectivity index (χ1) is 8.99. The minimum atomic E-state index is -3.21. The largest absolute Gasteiger partial charge is 0.393 e. The summed E-state index contributed by atoms with van der Waals surface area (Å²) in [6, 6.07) is 3.63. The maximum Gasteiger partial charge on any atom is 0.211 e. The Morgan fingerprint density at radius 1 is 1.32 bits per heavy atom. The summed E-state index contributed by atoms with van der Waals surface area (Å²) in [5.74, 6) is 0.0896. The first-order valence-corrected chi connectivity index (χ1v) is 8.20. The molecule has 0 fully saturated rings. The third-order valence-electron chi connectivity index (χ3n) is 2.58. The number of rotatable bonds is 9. The summed E-state index contributed by atoms with van der Waals surface area (Å²) in [6.45, 7) is 0.432. The molecule has 0 aliphatic heterocycles. The predicted molar refractivity (Wildman–Crippen MR) is 80.4 cm³/mol. The topological polar surface area (TPSA) is 85.1 Å². The lowest BCUT2D eigenvalue weighted by Gasteiger charge is -2.06. The standard InChI is InChI=1S/C12H19N3O2S2/c13-12(18)3-1-2-7-15-19(16,17)10-6-11-4-8-14-9-5-11/h4-5,8-9,15H,1-3,6-7,10H2,(H2,13,18). The van der Waals surface area contributed by atoms with Crippen LogP contribution in [0.15, 0.2) is 24.5 Å². The van der Waals surface area contributed by atoms with Crippen molar-refractivity contribution in [2.45, 2.75) is 25.7 Å². The second kappa shape index (κ2) is 8.19. The molecule has 0 bridgehead atoms. The quantitative estimate of drug-likeness (QED) is 0.525. The van der Waals surface area contributed by atoms with Crippen LogP contribution in [0.2, 0.25) is 0 Å². The average Bonchev–Trinajstić information content (AvgIpc) is 2.37. The molecule has 0 radical (unpaired) electrons. The van der Waals surface area contributed by atoms with Crippen molar-refractivity contribution in [2.24, 2.45) is 5.73 Å². The zero-order chi connectivity index (χ0) is 14.1. The molecule has 0 amide bonds. The molecule has 106 valence electrons. The van der Waals surface area contributed by atoms with E-state index < -0.39 is 10.0 Å². The highest BCUT2D eigenvalue weighted by molar-refractivity contribution is 7.89. The Labute approximate surface area is 119 Å². The number of aryl methyl sites for hydroxylation is 1. The van der Waals surface area contributed by atoms with E-state index in [0.717, 1.165) is 18.4 Å². The van der Waals surface area contributed by atoms with E-state index in [1.54, 1.807) is 12.4 Å². The lowest BCUT2D eigenvalue weighted by Crippen LogP contribution is -2.28. The van der Waals surface area contributed by atoms with Crippen molar-refractivity contribution < 1.29 is 8.42 Å². The van der Waals surface area contributed by atoms with Gasteiger partial charge in [-0.05, 0) is 43.4 Å². The number of aromatic nitrogens is 1. The minimum Gasteiger partial charge on any atom is -0.393 e. The molecule has 1 aromatic heterocycles. The number of nitrogens with zero attached hydrogens (tertiary/aromatic N) is 1. The van der Waals surface area contributed by atoms with E-state index >= 15 is 0 Å². The van der Waals surface area contributed by atoms with Crippen LogP contribution in [0, 0.1) is 0 Å². The summed E-state index contributed by atoms with van der Waals surface area (Å²) in [6.07, 6.45) is 6.02. The van der Waals surface area contributed by atoms with Crippen LogP contribution in [0.4, 0.5) is 0 Å². The number of nitrogens with one attached hydrogen (secondary N) is 1. The molecule has 0 aromatic carbocycles. The van der Waals surface area contributed by atoms with Gasteiger partial charge in [0.2, 0.25) is 10.0 Å². The highest BCUT2D eigenvalue weighted by atomic mass is 32.2. The average molecular weight is 301 g/mol. The zero-order valence-corrected chi connectivity index (χ0v) is 12.3. The van der Waals surface area contributed by atoms with E-state index in [1.165, 1.54) is 0 Å². The molecular formula is C12H19N3O2S2. The third-order valence-corrected chi connectivity index (χ3v) is 4.17. The smallest absolute Gasteiger partial charge is 0.211 e. The van der Waals surface area contributed by atoms with E-state index in [4.69, 9.17) is 18.0 Å². The fourth-order valence-corrected chi connectivity index (χ4v) is 2.77. The molecule has 0 unspecified atom stereocenters. The SMILES string of the molecule is NC(=S)CCCCNS(=O)(=O)CCc1ccncc1. The Morgan fingerprint density at radius 3 is 2.63 bits per heavy atom. The Kier molecular flexibility index (Phi) is 6.90. The number of hydrogen-bond donors (Lipinski definition) is 2. The van der Waals surface area contributed by atoms with Crippen molar-refractivity contribution in [3.63, 3.8) is 0 Å². The molecule has 0 aliphatic carbocycles. The summed E-state index contributed by atoms with van der Waals surface area (Å²) in [5, 5.41) is 0. The third kappa shape index (κ3) is 7.86. The van der Waals surface area contributed by atoms with Crippen molar-refractivity contribution >= 4 is 27.2 Å². The molecule has 1 heterocycles. The summed E-state index contributed by atoms with van der Waals surface area (Å²) in [4.78, 5) is 4.36. The summed E-state index contributed by atoms with van der Waals surface area (Å²) in [7, 11) is -3.21. The van der Waals surface area contributed by atoms with Gasteiger partial charge in [-0.1, -0.05) is 12.2 Å². The van der Waals surface area contributed by atoms with E-state index in [-0.39, 0.29) is 5.75 Å². The van der Waals surface area contributed by atoms with Crippen molar-refractivity contribution in [1.29, 1.82) is 0 Å². The van der Waals surface area contributed by atoms with Gasteiger partial charge in [-0.2, -0.15) is 0 Å². The normalized spacial score (nSPS) is 11.4. The number of sulfonamides is 1. The monoisotopic (exact) mass is 301 g/mol. The van der Waals surface area contributed by atoms with Gasteiger partial charge in [-0.25, -0.2) is 13.1 Å². The van der Waals surface area contributed by atoms with Crippen molar-refractivity contribution in [3.8, 4) is 0 Å². The molecule has 0 spiro atoms. The fraction of sp³-hybridized carbons (Fsp3) is 0.500. The van der Waals surface area contributed by atoms with E-state index in [2.05, 4.69) is 9.71 Å². The second-order valence-corrected chi connectivity index (χ2v) is 6.69. The molecule has 19 heavy (non-hydrogen) atoms. The summed E-state index contributed by atoms with van der Waals surface area (Å²) in [5.41, 5.74) is 6.33. The van der Waals surface area contributed by atoms with Crippen molar-refractivity contribution in [3.05, 3.63) is 30.1 Å². The fourth-order valence-electron chi connectivity index (χ4n) is 1.53. The molecule has 0 saturated heterocycles. The molecule has 3 N–H and O–H groups in total. The van der Waals surface area contributed by atoms with E-state index in [9.17, 15) is 8.42 Å². The zero-order valence-electron chi connectivity index (χ0n) is 10.7. The van der Waals surface area contributed by atoms with Gasteiger partial charge in [0.1, 0.15) is 0 Å². The van der Waals surface area contributed by atoms with Gasteiger partial charge in [0, 0.05) is 18.9 Å². The van der Waals surface area contributed by atoms with Gasteiger partial charge < -0.3 is 5.73 Å². The van der Waals surface area contributed by atoms with E-state index in [1.807, 2.05) is 12.1 Å². The number of pyridine rings is 1. The molecule has 0 aliphatic rings. The number of thiocarbonyl (C=S) groups is 1. The lowest BCUT2D eigenvalue weighted by molar-refractivity contribution is 0.577. The highest BCUT2D eigenvalue weighted by Gasteiger charge is 2.09. The Bertz CT molecular complexity index is 489. The van der Waals surface area contributed by atoms with Crippen LogP contribution in [0.3, 0.4) is 0 Å². The van der Waals surface area contributed by atoms with Crippen LogP contribution >= 0.6 is 12.2 Å². The molecule has 1 rings (SSSR count). The van der Waals surface area contributed by atoms with Crippen LogP contribution in [0.1, 0.15) is 24.8 Å². The van der Waals surface area contributed by atoms with E-state index in [0.29, 0.717) is 24.4 Å². The van der Waals surface area contributed by atoms with Gasteiger partial charge in [0.25, 0.3) is 0 Å². The van der Waals surface area contributed by atoms with Crippen molar-refractivity contribution in [2.75, 3.05) is 12.3 Å². The highest BCUT2D eigenvalue weighted by Crippen LogP contribution is 2.00. The van der Waals surface area contributed by atoms with Gasteiger partial charge >= 0.3 is 0 Å². The second-order valence-electron chi connectivity index (χ2n) is 4.24. The minimum absolute atomic E-state index is 0.0896. The number of unbranched alkanes of at least 4 members (excludes halogenated alkanes) is 1. The summed E-state index contributed by atoms with van der Waals surface area (Å²) < 4.78 is 26.0. The van der Waals surface area contributed by atoms with Crippen molar-refractivity contribution in [1.82, 2.24) is 9.71 Å². The molecule has 5 nitrogen and oxygen atoms in total. The first-order valence-electron chi connectivity index (χ1n) is 6.14. The van der Waals surface area contributed by atoms with Crippen LogP contribution in [0.5, 0.6) is 0 Å². The Balaban J connectivity index is 2.23. The van der Waals surface area contributed by atoms with Crippen LogP contribution in [-0.2, 0) is 16.4 Å². The molecular weight excluding hydrogens is 282 g/mol. The lowest BCUT2D eigenvalue weighted by atomic mass is 10.2. The molecule has 0 atom stereocenters. The Morgan fingerprint density at radius 2 is 2.00 bits per heavy atom. The summed E-state index contributed by atoms with van der Waals surface area (Å²) >= 11 is 4.75. The van der Waals surface area contributed by atoms with Gasteiger partial charge in [0.15, 0.2) is 0 Å². The number of nitrogens with two attached hydrogens (primary N) is 1. The van der Waals surface area contributed by atoms with Crippen LogP contribution < -0.4 is 10.5 Å². The van der Waals surface area contributed by atoms with Gasteiger partial charge in [0.05, 0.1) is 10.7 Å². The molecule has 7 heteroatoms. The van der Waals surface area contributed by atoms with Crippen LogP contribution in [0.25, 0.3) is 0 Å².